The Balaban J connectivity index is 1.38. The van der Waals surface area contributed by atoms with Crippen LogP contribution in [-0.4, -0.2) is 9.97 Å². The summed E-state index contributed by atoms with van der Waals surface area (Å²) in [5.41, 5.74) is 6.78. The third-order valence-electron chi connectivity index (χ3n) is 11.2. The SMILES string of the molecule is CCC(C)c1ccc(N(c2ccccc2)c2cc(-c3ccc(F)cc3F)nc(C(C)(C)c3cc(N(c4ccccc4)c4ccccc4)cc(-c4ccc(F)cc4F)n3)c2)cc1. The molecule has 0 amide bonds. The molecule has 304 valence electrons. The van der Waals surface area contributed by atoms with Crippen LogP contribution in [0.4, 0.5) is 51.7 Å². The molecule has 2 heterocycles. The maximum atomic E-state index is 15.8. The molecule has 0 aliphatic carbocycles. The lowest BCUT2D eigenvalue weighted by Crippen LogP contribution is -2.24. The van der Waals surface area contributed by atoms with E-state index in [2.05, 4.69) is 47.9 Å². The van der Waals surface area contributed by atoms with Crippen LogP contribution in [0.3, 0.4) is 0 Å². The molecule has 0 fully saturated rings. The summed E-state index contributed by atoms with van der Waals surface area (Å²) in [5.74, 6) is -2.54. The van der Waals surface area contributed by atoms with Crippen molar-refractivity contribution in [3.63, 3.8) is 0 Å². The highest BCUT2D eigenvalue weighted by atomic mass is 19.1. The van der Waals surface area contributed by atoms with Gasteiger partial charge in [0.25, 0.3) is 0 Å². The number of aromatic nitrogens is 2. The summed E-state index contributed by atoms with van der Waals surface area (Å²) >= 11 is 0. The summed E-state index contributed by atoms with van der Waals surface area (Å²) in [6.45, 7) is 8.28. The van der Waals surface area contributed by atoms with Crippen molar-refractivity contribution in [2.24, 2.45) is 0 Å². The number of hydrogen-bond acceptors (Lipinski definition) is 4. The summed E-state index contributed by atoms with van der Waals surface area (Å²) in [7, 11) is 0. The lowest BCUT2D eigenvalue weighted by molar-refractivity contribution is 0.582. The number of benzene rings is 6. The first-order valence-corrected chi connectivity index (χ1v) is 20.3. The van der Waals surface area contributed by atoms with E-state index in [1.54, 1.807) is 12.1 Å². The van der Waals surface area contributed by atoms with Crippen molar-refractivity contribution >= 4 is 34.1 Å². The second-order valence-electron chi connectivity index (χ2n) is 15.6. The van der Waals surface area contributed by atoms with Crippen LogP contribution in [0, 0.1) is 23.3 Å². The summed E-state index contributed by atoms with van der Waals surface area (Å²) in [6, 6.07) is 52.3. The topological polar surface area (TPSA) is 32.3 Å². The summed E-state index contributed by atoms with van der Waals surface area (Å²) in [4.78, 5) is 14.4. The van der Waals surface area contributed by atoms with Gasteiger partial charge in [0.05, 0.1) is 34.2 Å². The van der Waals surface area contributed by atoms with Gasteiger partial charge in [-0.15, -0.1) is 0 Å². The molecule has 0 saturated heterocycles. The van der Waals surface area contributed by atoms with E-state index in [1.165, 1.54) is 29.8 Å². The van der Waals surface area contributed by atoms with E-state index < -0.39 is 28.7 Å². The van der Waals surface area contributed by atoms with E-state index in [1.807, 2.05) is 117 Å². The maximum Gasteiger partial charge on any atom is 0.135 e. The average Bonchev–Trinajstić information content (AvgIpc) is 3.27. The standard InChI is InChI=1S/C53H44F4N4/c1-5-35(2)36-21-25-42(26-22-36)61(41-19-13-8-14-20-41)44-32-50(46-28-24-38(55)30-48(46)57)59-52(34-44)53(3,4)51-33-43(31-49(58-51)45-27-23-37(54)29-47(45)56)60(39-15-9-6-10-16-39)40-17-11-7-12-18-40/h6-35H,5H2,1-4H3. The first-order valence-electron chi connectivity index (χ1n) is 20.3. The van der Waals surface area contributed by atoms with Crippen molar-refractivity contribution in [1.29, 1.82) is 0 Å². The largest absolute Gasteiger partial charge is 0.310 e. The molecule has 0 spiro atoms. The Morgan fingerprint density at radius 2 is 0.836 bits per heavy atom. The second-order valence-corrected chi connectivity index (χ2v) is 15.6. The van der Waals surface area contributed by atoms with Crippen LogP contribution in [0.15, 0.2) is 176 Å². The molecule has 8 heteroatoms. The smallest absolute Gasteiger partial charge is 0.135 e. The van der Waals surface area contributed by atoms with Crippen LogP contribution in [0.5, 0.6) is 0 Å². The number of halogens is 4. The molecule has 6 aromatic carbocycles. The normalized spacial score (nSPS) is 11.9. The van der Waals surface area contributed by atoms with Crippen molar-refractivity contribution in [1.82, 2.24) is 9.97 Å². The number of pyridine rings is 2. The van der Waals surface area contributed by atoms with Crippen molar-refractivity contribution in [3.8, 4) is 22.5 Å². The summed E-state index contributed by atoms with van der Waals surface area (Å²) in [6.07, 6.45) is 0.996. The van der Waals surface area contributed by atoms with Gasteiger partial charge in [-0.05, 0) is 129 Å². The lowest BCUT2D eigenvalue weighted by atomic mass is 9.83. The third kappa shape index (κ3) is 8.53. The molecule has 0 saturated carbocycles. The van der Waals surface area contributed by atoms with Gasteiger partial charge in [0.1, 0.15) is 23.3 Å². The Hall–Kier alpha value is -7.06. The van der Waals surface area contributed by atoms with Crippen LogP contribution in [0.1, 0.15) is 57.0 Å². The predicted molar refractivity (Wildman–Crippen MR) is 239 cm³/mol. The van der Waals surface area contributed by atoms with Gasteiger partial charge >= 0.3 is 0 Å². The molecule has 8 rings (SSSR count). The van der Waals surface area contributed by atoms with E-state index in [9.17, 15) is 8.78 Å². The molecule has 0 aliphatic rings. The van der Waals surface area contributed by atoms with Crippen molar-refractivity contribution < 1.29 is 17.6 Å². The Kier molecular flexibility index (Phi) is 11.5. The minimum atomic E-state index is -1.04. The quantitative estimate of drug-likeness (QED) is 0.115. The summed E-state index contributed by atoms with van der Waals surface area (Å²) < 4.78 is 60.3. The molecule has 1 atom stereocenters. The van der Waals surface area contributed by atoms with Crippen LogP contribution >= 0.6 is 0 Å². The second kappa shape index (κ2) is 17.3. The van der Waals surface area contributed by atoms with Crippen molar-refractivity contribution in [2.75, 3.05) is 9.80 Å². The number of hydrogen-bond donors (Lipinski definition) is 0. The van der Waals surface area contributed by atoms with Crippen LogP contribution in [0.25, 0.3) is 22.5 Å². The number of anilines is 6. The average molecular weight is 813 g/mol. The van der Waals surface area contributed by atoms with Gasteiger partial charge in [-0.2, -0.15) is 0 Å². The van der Waals surface area contributed by atoms with E-state index in [-0.39, 0.29) is 22.5 Å². The van der Waals surface area contributed by atoms with E-state index in [0.29, 0.717) is 28.7 Å². The van der Waals surface area contributed by atoms with Crippen molar-refractivity contribution in [2.45, 2.75) is 45.4 Å². The molecule has 4 nitrogen and oxygen atoms in total. The van der Waals surface area contributed by atoms with E-state index in [0.717, 1.165) is 41.3 Å². The summed E-state index contributed by atoms with van der Waals surface area (Å²) in [5, 5.41) is 0. The Bertz CT molecular complexity index is 2740. The maximum absolute atomic E-state index is 15.8. The van der Waals surface area contributed by atoms with Gasteiger partial charge in [0.15, 0.2) is 0 Å². The number of rotatable bonds is 12. The first-order chi connectivity index (χ1) is 29.5. The lowest BCUT2D eigenvalue weighted by Gasteiger charge is -2.31. The highest BCUT2D eigenvalue weighted by Crippen LogP contribution is 2.43. The highest BCUT2D eigenvalue weighted by molar-refractivity contribution is 5.81. The third-order valence-corrected chi connectivity index (χ3v) is 11.2. The molecule has 2 aromatic heterocycles. The zero-order chi connectivity index (χ0) is 42.7. The molecule has 0 bridgehead atoms. The van der Waals surface area contributed by atoms with E-state index in [4.69, 9.17) is 9.97 Å². The fourth-order valence-corrected chi connectivity index (χ4v) is 7.55. The van der Waals surface area contributed by atoms with Gasteiger partial charge in [-0.3, -0.25) is 9.97 Å². The monoisotopic (exact) mass is 812 g/mol. The minimum absolute atomic E-state index is 0.119. The molecule has 8 aromatic rings. The predicted octanol–water partition coefficient (Wildman–Crippen LogP) is 15.1. The minimum Gasteiger partial charge on any atom is -0.310 e. The van der Waals surface area contributed by atoms with Crippen molar-refractivity contribution in [3.05, 3.63) is 216 Å². The molecule has 0 aliphatic heterocycles. The van der Waals surface area contributed by atoms with Gasteiger partial charge in [-0.1, -0.05) is 80.6 Å². The molecular formula is C53H44F4N4. The first kappa shape index (κ1) is 40.7. The van der Waals surface area contributed by atoms with Gasteiger partial charge < -0.3 is 9.80 Å². The fraction of sp³-hybridized carbons (Fsp3) is 0.132. The zero-order valence-electron chi connectivity index (χ0n) is 34.3. The van der Waals surface area contributed by atoms with Crippen LogP contribution in [0.2, 0.25) is 0 Å². The van der Waals surface area contributed by atoms with Gasteiger partial charge in [0.2, 0.25) is 0 Å². The molecule has 0 N–H and O–H groups in total. The number of nitrogens with zero attached hydrogens (tertiary/aromatic N) is 4. The van der Waals surface area contributed by atoms with Crippen LogP contribution < -0.4 is 9.80 Å². The molecule has 0 radical (unpaired) electrons. The highest BCUT2D eigenvalue weighted by Gasteiger charge is 2.31. The Morgan fingerprint density at radius 1 is 0.459 bits per heavy atom. The van der Waals surface area contributed by atoms with E-state index >= 15 is 8.78 Å². The molecule has 61 heavy (non-hydrogen) atoms. The number of para-hydroxylation sites is 3. The van der Waals surface area contributed by atoms with Gasteiger partial charge in [-0.25, -0.2) is 17.6 Å². The molecular weight excluding hydrogens is 769 g/mol. The van der Waals surface area contributed by atoms with Gasteiger partial charge in [0, 0.05) is 51.4 Å². The fourth-order valence-electron chi connectivity index (χ4n) is 7.55. The zero-order valence-corrected chi connectivity index (χ0v) is 34.3. The Morgan fingerprint density at radius 3 is 1.20 bits per heavy atom. The Labute approximate surface area is 354 Å². The van der Waals surface area contributed by atoms with Crippen LogP contribution in [-0.2, 0) is 5.41 Å². The molecule has 1 unspecified atom stereocenters.